The molecule has 144 valence electrons. The molecule has 0 nitrogen and oxygen atoms in total. The molecule has 1 aliphatic carbocycles. The molecule has 3 saturated heterocycles. The zero-order valence-electron chi connectivity index (χ0n) is 17.9. The van der Waals surface area contributed by atoms with Gasteiger partial charge in [-0.3, -0.25) is 0 Å². The SMILES string of the molecule is CC(C)(C)P(Cc1ccccc1[P+]12CC3CC(CC(C3)C1)C2)C(C)(C)C. The van der Waals surface area contributed by atoms with Gasteiger partial charge in [-0.05, 0) is 65.1 Å². The zero-order valence-corrected chi connectivity index (χ0v) is 19.7. The maximum atomic E-state index is 2.58. The van der Waals surface area contributed by atoms with Gasteiger partial charge in [0.05, 0.1) is 23.8 Å². The van der Waals surface area contributed by atoms with Gasteiger partial charge in [-0.25, -0.2) is 0 Å². The maximum absolute atomic E-state index is 2.58. The van der Waals surface area contributed by atoms with E-state index in [0.717, 1.165) is 17.8 Å². The van der Waals surface area contributed by atoms with Gasteiger partial charge in [0.1, 0.15) is 0 Å². The van der Waals surface area contributed by atoms with Crippen molar-refractivity contribution in [3.8, 4) is 0 Å². The number of benzene rings is 1. The van der Waals surface area contributed by atoms with Crippen LogP contribution in [-0.4, -0.2) is 28.8 Å². The average molecular weight is 390 g/mol. The van der Waals surface area contributed by atoms with E-state index in [1.54, 1.807) is 43.3 Å². The Hall–Kier alpha value is 0.0800. The molecule has 1 saturated carbocycles. The monoisotopic (exact) mass is 389 g/mol. The molecule has 0 atom stereocenters. The fourth-order valence-electron chi connectivity index (χ4n) is 6.91. The van der Waals surface area contributed by atoms with E-state index in [-0.39, 0.29) is 7.92 Å². The van der Waals surface area contributed by atoms with Crippen molar-refractivity contribution in [2.75, 3.05) is 18.5 Å². The molecule has 5 rings (SSSR count). The summed E-state index contributed by atoms with van der Waals surface area (Å²) < 4.78 is 0. The Labute approximate surface area is 164 Å². The molecule has 1 aromatic rings. The Bertz CT molecular complexity index is 612. The van der Waals surface area contributed by atoms with E-state index in [9.17, 15) is 0 Å². The topological polar surface area (TPSA) is 0 Å². The molecule has 3 heterocycles. The summed E-state index contributed by atoms with van der Waals surface area (Å²) in [5.74, 6) is 3.23. The Morgan fingerprint density at radius 2 is 1.27 bits per heavy atom. The molecule has 26 heavy (non-hydrogen) atoms. The van der Waals surface area contributed by atoms with Crippen LogP contribution in [0.3, 0.4) is 0 Å². The lowest BCUT2D eigenvalue weighted by Gasteiger charge is -2.52. The van der Waals surface area contributed by atoms with Crippen LogP contribution in [0.2, 0.25) is 0 Å². The molecule has 0 spiro atoms. The summed E-state index contributed by atoms with van der Waals surface area (Å²) in [6, 6.07) is 9.77. The second kappa shape index (κ2) is 6.56. The standard InChI is InChI=1S/C24H39P2/c1-23(2,3)25(24(4,5)6)14-21-9-7-8-10-22(21)26-15-18-11-19(16-26)13-20(12-18)17-26/h7-10,18-20H,11-17H2,1-6H3/q+1. The van der Waals surface area contributed by atoms with Gasteiger partial charge >= 0.3 is 0 Å². The largest absolute Gasteiger partial charge is 0.0974 e. The Morgan fingerprint density at radius 3 is 1.73 bits per heavy atom. The van der Waals surface area contributed by atoms with E-state index in [1.807, 2.05) is 5.30 Å². The summed E-state index contributed by atoms with van der Waals surface area (Å²) in [6.07, 6.45) is 10.8. The van der Waals surface area contributed by atoms with Crippen molar-refractivity contribution >= 4 is 20.5 Å². The lowest BCUT2D eigenvalue weighted by molar-refractivity contribution is 0.210. The van der Waals surface area contributed by atoms with Crippen LogP contribution in [0.1, 0.15) is 66.4 Å². The highest BCUT2D eigenvalue weighted by atomic mass is 31.2. The van der Waals surface area contributed by atoms with Crippen molar-refractivity contribution in [3.63, 3.8) is 0 Å². The summed E-state index contributed by atoms with van der Waals surface area (Å²) in [7, 11) is -0.946. The van der Waals surface area contributed by atoms with Crippen LogP contribution in [-0.2, 0) is 6.16 Å². The van der Waals surface area contributed by atoms with Gasteiger partial charge < -0.3 is 0 Å². The summed E-state index contributed by atoms with van der Waals surface area (Å²) in [5, 5.41) is 2.71. The van der Waals surface area contributed by atoms with Crippen molar-refractivity contribution in [3.05, 3.63) is 29.8 Å². The van der Waals surface area contributed by atoms with Crippen LogP contribution < -0.4 is 5.30 Å². The first kappa shape index (κ1) is 19.4. The average Bonchev–Trinajstić information content (AvgIpc) is 2.49. The second-order valence-electron chi connectivity index (χ2n) is 11.6. The molecule has 3 aliphatic heterocycles. The van der Waals surface area contributed by atoms with Crippen LogP contribution in [0, 0.1) is 17.8 Å². The van der Waals surface area contributed by atoms with E-state index in [2.05, 4.69) is 65.8 Å². The fourth-order valence-corrected chi connectivity index (χ4v) is 16.7. The Balaban J connectivity index is 1.70. The van der Waals surface area contributed by atoms with Crippen molar-refractivity contribution < 1.29 is 0 Å². The molecule has 2 heteroatoms. The first-order chi connectivity index (χ1) is 12.1. The van der Waals surface area contributed by atoms with Crippen LogP contribution in [0.15, 0.2) is 24.3 Å². The van der Waals surface area contributed by atoms with Gasteiger partial charge in [-0.1, -0.05) is 67.7 Å². The first-order valence-electron chi connectivity index (χ1n) is 10.8. The quantitative estimate of drug-likeness (QED) is 0.490. The molecular weight excluding hydrogens is 350 g/mol. The molecule has 4 aliphatic rings. The Morgan fingerprint density at radius 1 is 0.808 bits per heavy atom. The predicted molar refractivity (Wildman–Crippen MR) is 122 cm³/mol. The van der Waals surface area contributed by atoms with E-state index < -0.39 is 7.26 Å². The van der Waals surface area contributed by atoms with Crippen LogP contribution in [0.25, 0.3) is 0 Å². The van der Waals surface area contributed by atoms with Crippen molar-refractivity contribution in [1.82, 2.24) is 0 Å². The third-order valence-electron chi connectivity index (χ3n) is 7.27. The Kier molecular flexibility index (Phi) is 4.90. The van der Waals surface area contributed by atoms with Gasteiger partial charge in [0.2, 0.25) is 0 Å². The highest BCUT2D eigenvalue weighted by molar-refractivity contribution is 7.83. The van der Waals surface area contributed by atoms with E-state index in [4.69, 9.17) is 0 Å². The molecule has 0 radical (unpaired) electrons. The summed E-state index contributed by atoms with van der Waals surface area (Å²) in [6.45, 7) is 14.9. The fraction of sp³-hybridized carbons (Fsp3) is 0.750. The maximum Gasteiger partial charge on any atom is 0.0974 e. The molecule has 4 fully saturated rings. The van der Waals surface area contributed by atoms with E-state index >= 15 is 0 Å². The predicted octanol–water partition coefficient (Wildman–Crippen LogP) is 6.97. The smallest absolute Gasteiger partial charge is 0.0910 e. The highest BCUT2D eigenvalue weighted by Crippen LogP contribution is 2.73. The lowest BCUT2D eigenvalue weighted by atomic mass is 9.76. The minimum Gasteiger partial charge on any atom is -0.0910 e. The molecule has 1 aromatic carbocycles. The van der Waals surface area contributed by atoms with Crippen LogP contribution in [0.5, 0.6) is 0 Å². The zero-order chi connectivity index (χ0) is 18.7. The minimum absolute atomic E-state index is 0.0588. The molecular formula is C24H39P2+. The van der Waals surface area contributed by atoms with Gasteiger partial charge in [-0.15, -0.1) is 0 Å². The van der Waals surface area contributed by atoms with Crippen LogP contribution in [0.4, 0.5) is 0 Å². The minimum atomic E-state index is -0.887. The number of hydrogen-bond acceptors (Lipinski definition) is 0. The summed E-state index contributed by atoms with van der Waals surface area (Å²) in [4.78, 5) is 0. The van der Waals surface area contributed by atoms with Gasteiger partial charge in [-0.2, -0.15) is 0 Å². The normalized spacial score (nSPS) is 33.9. The third kappa shape index (κ3) is 3.55. The van der Waals surface area contributed by atoms with Gasteiger partial charge in [0.25, 0.3) is 0 Å². The number of rotatable bonds is 3. The first-order valence-corrected chi connectivity index (χ1v) is 14.7. The third-order valence-corrected chi connectivity index (χ3v) is 16.3. The molecule has 4 bridgehead atoms. The molecule has 0 N–H and O–H groups in total. The summed E-state index contributed by atoms with van der Waals surface area (Å²) >= 11 is 0. The van der Waals surface area contributed by atoms with Gasteiger partial charge in [0.15, 0.2) is 0 Å². The molecule has 0 aromatic heterocycles. The van der Waals surface area contributed by atoms with Crippen molar-refractivity contribution in [1.29, 1.82) is 0 Å². The lowest BCUT2D eigenvalue weighted by Crippen LogP contribution is -2.46. The van der Waals surface area contributed by atoms with Crippen LogP contribution >= 0.6 is 15.2 Å². The van der Waals surface area contributed by atoms with Gasteiger partial charge in [0, 0.05) is 7.26 Å². The molecule has 0 amide bonds. The molecule has 0 unspecified atom stereocenters. The van der Waals surface area contributed by atoms with E-state index in [0.29, 0.717) is 10.3 Å². The second-order valence-corrected chi connectivity index (χ2v) is 19.3. The highest BCUT2D eigenvalue weighted by Gasteiger charge is 2.58. The van der Waals surface area contributed by atoms with E-state index in [1.165, 1.54) is 6.16 Å². The van der Waals surface area contributed by atoms with Crippen molar-refractivity contribution in [2.45, 2.75) is 77.3 Å². The number of hydrogen-bond donors (Lipinski definition) is 0. The van der Waals surface area contributed by atoms with Crippen molar-refractivity contribution in [2.24, 2.45) is 17.8 Å². The summed E-state index contributed by atoms with van der Waals surface area (Å²) in [5.41, 5.74) is 1.75.